The summed E-state index contributed by atoms with van der Waals surface area (Å²) in [5, 5.41) is 16.2. The number of rotatable bonds is 4. The van der Waals surface area contributed by atoms with Gasteiger partial charge in [-0.3, -0.25) is 5.10 Å². The van der Waals surface area contributed by atoms with E-state index in [9.17, 15) is 18.4 Å². The van der Waals surface area contributed by atoms with Gasteiger partial charge in [0, 0.05) is 18.3 Å². The normalized spacial score (nSPS) is 12.7. The summed E-state index contributed by atoms with van der Waals surface area (Å²) in [6.45, 7) is 3.42. The molecule has 0 aliphatic heterocycles. The monoisotopic (exact) mass is 426 g/mol. The second kappa shape index (κ2) is 7.43. The number of ether oxygens (including phenoxy) is 1. The molecule has 31 heavy (non-hydrogen) atoms. The molecule has 4 rings (SSSR count). The van der Waals surface area contributed by atoms with Gasteiger partial charge in [-0.2, -0.15) is 23.5 Å². The highest BCUT2D eigenvalue weighted by Crippen LogP contribution is 2.40. The van der Waals surface area contributed by atoms with Crippen LogP contribution in [0.4, 0.5) is 13.2 Å². The lowest BCUT2D eigenvalue weighted by molar-refractivity contribution is -0.139. The van der Waals surface area contributed by atoms with E-state index in [1.807, 2.05) is 6.07 Å². The Labute approximate surface area is 175 Å². The zero-order valence-corrected chi connectivity index (χ0v) is 16.8. The number of benzene rings is 1. The molecule has 1 N–H and O–H groups in total. The topological polar surface area (TPSA) is 92.4 Å². The molecule has 158 valence electrons. The lowest BCUT2D eigenvalue weighted by Gasteiger charge is -2.18. The lowest BCUT2D eigenvalue weighted by atomic mass is 10.0. The molecular formula is C21H17F3N6O. The third-order valence-corrected chi connectivity index (χ3v) is 4.85. The predicted molar refractivity (Wildman–Crippen MR) is 106 cm³/mol. The van der Waals surface area contributed by atoms with E-state index in [2.05, 4.69) is 20.2 Å². The second-order valence-corrected chi connectivity index (χ2v) is 7.14. The molecule has 0 saturated carbocycles. The first-order valence-corrected chi connectivity index (χ1v) is 9.29. The summed E-state index contributed by atoms with van der Waals surface area (Å²) >= 11 is 0. The minimum Gasteiger partial charge on any atom is -0.484 e. The van der Waals surface area contributed by atoms with Gasteiger partial charge in [-0.05, 0) is 44.2 Å². The van der Waals surface area contributed by atoms with Crippen LogP contribution in [0.25, 0.3) is 22.3 Å². The van der Waals surface area contributed by atoms with Gasteiger partial charge in [0.15, 0.2) is 5.69 Å². The third-order valence-electron chi connectivity index (χ3n) is 4.85. The molecule has 0 saturated heterocycles. The van der Waals surface area contributed by atoms with Gasteiger partial charge in [0.1, 0.15) is 29.1 Å². The summed E-state index contributed by atoms with van der Waals surface area (Å²) < 4.78 is 48.7. The summed E-state index contributed by atoms with van der Waals surface area (Å²) in [5.41, 5.74) is 1.83. The van der Waals surface area contributed by atoms with Crippen molar-refractivity contribution < 1.29 is 17.9 Å². The van der Waals surface area contributed by atoms with Crippen molar-refractivity contribution in [1.82, 2.24) is 24.7 Å². The highest BCUT2D eigenvalue weighted by molar-refractivity contribution is 5.84. The summed E-state index contributed by atoms with van der Waals surface area (Å²) in [5.74, 6) is -0.313. The van der Waals surface area contributed by atoms with Gasteiger partial charge in [0.2, 0.25) is 0 Å². The van der Waals surface area contributed by atoms with Crippen molar-refractivity contribution in [1.29, 1.82) is 5.26 Å². The number of hydrogen-bond donors (Lipinski definition) is 1. The van der Waals surface area contributed by atoms with Crippen molar-refractivity contribution in [2.75, 3.05) is 0 Å². The van der Waals surface area contributed by atoms with Crippen LogP contribution in [0.15, 0.2) is 36.7 Å². The standard InChI is InChI=1S/C21H17F3N6O/c1-11-6-15(29-28-11)12(2)31-19-5-4-13(7-14(19)21(22,23)24)16-8-18-20(17(9-25)27-16)26-10-30(18)3/h4-8,10,12H,1-3H3,(H,28,29). The van der Waals surface area contributed by atoms with E-state index in [0.717, 1.165) is 11.8 Å². The molecule has 1 unspecified atom stereocenters. The Morgan fingerprint density at radius 1 is 1.23 bits per heavy atom. The molecule has 10 heteroatoms. The molecule has 3 aromatic heterocycles. The first-order valence-electron chi connectivity index (χ1n) is 9.29. The Hall–Kier alpha value is -3.87. The summed E-state index contributed by atoms with van der Waals surface area (Å²) in [6, 6.07) is 8.99. The molecule has 1 aromatic carbocycles. The second-order valence-electron chi connectivity index (χ2n) is 7.14. The van der Waals surface area contributed by atoms with Gasteiger partial charge in [0.05, 0.1) is 23.1 Å². The maximum Gasteiger partial charge on any atom is 0.419 e. The SMILES string of the molecule is Cc1cc(C(C)Oc2ccc(-c3cc4c(ncn4C)c(C#N)n3)cc2C(F)(F)F)n[nH]1. The molecule has 4 aromatic rings. The number of fused-ring (bicyclic) bond motifs is 1. The molecule has 3 heterocycles. The molecule has 0 fully saturated rings. The van der Waals surface area contributed by atoms with Crippen molar-refractivity contribution in [3.05, 3.63) is 59.3 Å². The van der Waals surface area contributed by atoms with Crippen LogP contribution < -0.4 is 4.74 Å². The van der Waals surface area contributed by atoms with Crippen molar-refractivity contribution >= 4 is 11.0 Å². The Balaban J connectivity index is 1.78. The lowest BCUT2D eigenvalue weighted by Crippen LogP contribution is -2.11. The minimum atomic E-state index is -4.65. The van der Waals surface area contributed by atoms with E-state index < -0.39 is 17.8 Å². The van der Waals surface area contributed by atoms with Crippen molar-refractivity contribution in [3.63, 3.8) is 0 Å². The van der Waals surface area contributed by atoms with Crippen LogP contribution in [0, 0.1) is 18.3 Å². The number of imidazole rings is 1. The van der Waals surface area contributed by atoms with E-state index in [0.29, 0.717) is 16.7 Å². The number of aryl methyl sites for hydroxylation is 2. The van der Waals surface area contributed by atoms with E-state index in [1.54, 1.807) is 37.6 Å². The molecule has 0 aliphatic carbocycles. The molecule has 0 radical (unpaired) electrons. The zero-order chi connectivity index (χ0) is 22.3. The van der Waals surface area contributed by atoms with Crippen LogP contribution in [0.3, 0.4) is 0 Å². The van der Waals surface area contributed by atoms with Gasteiger partial charge in [0.25, 0.3) is 0 Å². The Kier molecular flexibility index (Phi) is 4.89. The highest BCUT2D eigenvalue weighted by atomic mass is 19.4. The number of hydrogen-bond acceptors (Lipinski definition) is 5. The van der Waals surface area contributed by atoms with E-state index in [-0.39, 0.29) is 22.7 Å². The number of pyridine rings is 1. The minimum absolute atomic E-state index is 0.0458. The number of H-pyrrole nitrogens is 1. The molecule has 0 aliphatic rings. The van der Waals surface area contributed by atoms with E-state index in [1.165, 1.54) is 18.5 Å². The van der Waals surface area contributed by atoms with Gasteiger partial charge >= 0.3 is 6.18 Å². The van der Waals surface area contributed by atoms with Crippen molar-refractivity contribution in [3.8, 4) is 23.1 Å². The van der Waals surface area contributed by atoms with Crippen LogP contribution in [0.1, 0.15) is 35.7 Å². The molecule has 7 nitrogen and oxygen atoms in total. The largest absolute Gasteiger partial charge is 0.484 e. The maximum atomic E-state index is 13.8. The number of nitrogens with zero attached hydrogens (tertiary/aromatic N) is 5. The average molecular weight is 426 g/mol. The zero-order valence-electron chi connectivity index (χ0n) is 16.8. The van der Waals surface area contributed by atoms with E-state index >= 15 is 0 Å². The van der Waals surface area contributed by atoms with Crippen LogP contribution in [-0.2, 0) is 13.2 Å². The number of halogens is 3. The van der Waals surface area contributed by atoms with Crippen LogP contribution in [0.5, 0.6) is 5.75 Å². The summed E-state index contributed by atoms with van der Waals surface area (Å²) in [7, 11) is 1.73. The fourth-order valence-corrected chi connectivity index (χ4v) is 3.27. The first-order chi connectivity index (χ1) is 14.7. The van der Waals surface area contributed by atoms with Crippen LogP contribution in [0.2, 0.25) is 0 Å². The fraction of sp³-hybridized carbons (Fsp3) is 0.238. The van der Waals surface area contributed by atoms with Gasteiger partial charge < -0.3 is 9.30 Å². The Morgan fingerprint density at radius 3 is 2.65 bits per heavy atom. The van der Waals surface area contributed by atoms with Gasteiger partial charge in [-0.1, -0.05) is 0 Å². The quantitative estimate of drug-likeness (QED) is 0.511. The Bertz CT molecular complexity index is 1320. The van der Waals surface area contributed by atoms with Crippen LogP contribution >= 0.6 is 0 Å². The molecule has 0 amide bonds. The summed E-state index contributed by atoms with van der Waals surface area (Å²) in [4.78, 5) is 8.34. The third kappa shape index (κ3) is 3.82. The van der Waals surface area contributed by atoms with Gasteiger partial charge in [-0.15, -0.1) is 0 Å². The Morgan fingerprint density at radius 2 is 2.00 bits per heavy atom. The molecule has 0 spiro atoms. The predicted octanol–water partition coefficient (Wildman–Crippen LogP) is 4.70. The highest BCUT2D eigenvalue weighted by Gasteiger charge is 2.35. The number of alkyl halides is 3. The number of aromatic nitrogens is 5. The number of aromatic amines is 1. The molecule has 1 atom stereocenters. The molecular weight excluding hydrogens is 409 g/mol. The average Bonchev–Trinajstić information content (AvgIpc) is 3.33. The summed E-state index contributed by atoms with van der Waals surface area (Å²) in [6.07, 6.45) is -3.82. The first kappa shape index (κ1) is 20.4. The smallest absolute Gasteiger partial charge is 0.419 e. The van der Waals surface area contributed by atoms with Crippen molar-refractivity contribution in [2.45, 2.75) is 26.1 Å². The van der Waals surface area contributed by atoms with E-state index in [4.69, 9.17) is 4.74 Å². The maximum absolute atomic E-state index is 13.8. The van der Waals surface area contributed by atoms with Gasteiger partial charge in [-0.25, -0.2) is 9.97 Å². The molecule has 0 bridgehead atoms. The number of nitrogens with one attached hydrogen (secondary N) is 1. The van der Waals surface area contributed by atoms with Crippen molar-refractivity contribution in [2.24, 2.45) is 7.05 Å². The van der Waals surface area contributed by atoms with Crippen LogP contribution in [-0.4, -0.2) is 24.7 Å². The number of nitriles is 1. The fourth-order valence-electron chi connectivity index (χ4n) is 3.27.